The molecule has 0 atom stereocenters. The van der Waals surface area contributed by atoms with Crippen molar-refractivity contribution >= 4 is 55.1 Å². The van der Waals surface area contributed by atoms with Crippen LogP contribution in [-0.2, 0) is 0 Å². The third-order valence-electron chi connectivity index (χ3n) is 9.57. The smallest absolute Gasteiger partial charge is 0.0547 e. The zero-order valence-corrected chi connectivity index (χ0v) is 25.8. The van der Waals surface area contributed by atoms with E-state index in [9.17, 15) is 0 Å². The fraction of sp³-hybridized carbons (Fsp3) is 0. The van der Waals surface area contributed by atoms with Gasteiger partial charge in [0, 0.05) is 31.6 Å². The number of hydrogen-bond acceptors (Lipinski definition) is 1. The van der Waals surface area contributed by atoms with E-state index in [2.05, 4.69) is 168 Å². The van der Waals surface area contributed by atoms with Crippen molar-refractivity contribution in [2.24, 2.45) is 0 Å². The van der Waals surface area contributed by atoms with Gasteiger partial charge >= 0.3 is 0 Å². The second-order valence-corrected chi connectivity index (χ2v) is 13.2. The molecule has 0 radical (unpaired) electrons. The van der Waals surface area contributed by atoms with Gasteiger partial charge in [0.2, 0.25) is 0 Å². The average molecular weight is 602 g/mol. The number of benzene rings is 8. The topological polar surface area (TPSA) is 4.93 Å². The maximum absolute atomic E-state index is 2.41. The van der Waals surface area contributed by atoms with Gasteiger partial charge in [0.05, 0.1) is 11.0 Å². The van der Waals surface area contributed by atoms with Gasteiger partial charge in [-0.05, 0) is 98.1 Å². The Kier molecular flexibility index (Phi) is 5.58. The Morgan fingerprint density at radius 3 is 2.00 bits per heavy atom. The fourth-order valence-corrected chi connectivity index (χ4v) is 8.56. The van der Waals surface area contributed by atoms with Crippen LogP contribution in [0.4, 0.5) is 0 Å². The van der Waals surface area contributed by atoms with Gasteiger partial charge in [-0.1, -0.05) is 127 Å². The highest BCUT2D eigenvalue weighted by Crippen LogP contribution is 2.49. The zero-order chi connectivity index (χ0) is 30.2. The van der Waals surface area contributed by atoms with E-state index < -0.39 is 0 Å². The van der Waals surface area contributed by atoms with Crippen LogP contribution in [0.2, 0.25) is 0 Å². The van der Waals surface area contributed by atoms with Gasteiger partial charge in [-0.15, -0.1) is 0 Å². The number of aromatic nitrogens is 1. The number of rotatable bonds is 3. The number of fused-ring (bicyclic) bond motifs is 6. The summed E-state index contributed by atoms with van der Waals surface area (Å²) in [5, 5.41) is 7.76. The fourth-order valence-electron chi connectivity index (χ4n) is 7.43. The van der Waals surface area contributed by atoms with E-state index in [4.69, 9.17) is 0 Å². The second-order valence-electron chi connectivity index (χ2n) is 12.1. The van der Waals surface area contributed by atoms with Crippen molar-refractivity contribution in [2.75, 3.05) is 0 Å². The predicted octanol–water partition coefficient (Wildman–Crippen LogP) is 12.6. The summed E-state index contributed by atoms with van der Waals surface area (Å²) in [6.07, 6.45) is 0. The van der Waals surface area contributed by atoms with Crippen molar-refractivity contribution < 1.29 is 0 Å². The lowest BCUT2D eigenvalue weighted by Crippen LogP contribution is -1.94. The molecule has 0 saturated carbocycles. The summed E-state index contributed by atoms with van der Waals surface area (Å²) in [4.78, 5) is 2.66. The van der Waals surface area contributed by atoms with E-state index in [0.717, 1.165) is 0 Å². The summed E-state index contributed by atoms with van der Waals surface area (Å²) in [6, 6.07) is 60.2. The van der Waals surface area contributed by atoms with E-state index >= 15 is 0 Å². The minimum absolute atomic E-state index is 1.17. The van der Waals surface area contributed by atoms with Gasteiger partial charge in [-0.2, -0.15) is 0 Å². The van der Waals surface area contributed by atoms with Crippen LogP contribution < -0.4 is 0 Å². The summed E-state index contributed by atoms with van der Waals surface area (Å²) >= 11 is 1.88. The molecular formula is C44H27NS. The monoisotopic (exact) mass is 601 g/mol. The molecule has 9 aromatic rings. The van der Waals surface area contributed by atoms with Crippen molar-refractivity contribution in [1.29, 1.82) is 0 Å². The first kappa shape index (κ1) is 25.7. The molecule has 0 unspecified atom stereocenters. The minimum atomic E-state index is 1.17. The molecule has 1 nitrogen and oxygen atoms in total. The van der Waals surface area contributed by atoms with Gasteiger partial charge in [0.1, 0.15) is 0 Å². The first-order valence-electron chi connectivity index (χ1n) is 15.8. The molecule has 214 valence electrons. The van der Waals surface area contributed by atoms with Gasteiger partial charge in [0.25, 0.3) is 0 Å². The summed E-state index contributed by atoms with van der Waals surface area (Å²) < 4.78 is 2.41. The summed E-state index contributed by atoms with van der Waals surface area (Å²) in [6.45, 7) is 0. The normalized spacial score (nSPS) is 12.3. The second kappa shape index (κ2) is 9.97. The van der Waals surface area contributed by atoms with Crippen LogP contribution in [0, 0.1) is 0 Å². The largest absolute Gasteiger partial charge is 0.309 e. The summed E-state index contributed by atoms with van der Waals surface area (Å²) in [5.41, 5.74) is 11.2. The van der Waals surface area contributed by atoms with E-state index in [1.807, 2.05) is 11.8 Å². The van der Waals surface area contributed by atoms with Crippen LogP contribution in [-0.4, -0.2) is 4.57 Å². The van der Waals surface area contributed by atoms with E-state index in [0.29, 0.717) is 0 Å². The Hall–Kier alpha value is -5.57. The first-order valence-corrected chi connectivity index (χ1v) is 16.6. The Balaban J connectivity index is 1.07. The van der Waals surface area contributed by atoms with Crippen LogP contribution in [0.25, 0.3) is 82.4 Å². The maximum Gasteiger partial charge on any atom is 0.0547 e. The van der Waals surface area contributed by atoms with Crippen LogP contribution in [0.1, 0.15) is 0 Å². The molecule has 8 aromatic carbocycles. The molecule has 0 aliphatic carbocycles. The van der Waals surface area contributed by atoms with Crippen molar-refractivity contribution in [2.45, 2.75) is 9.79 Å². The van der Waals surface area contributed by atoms with Crippen LogP contribution in [0.15, 0.2) is 174 Å². The predicted molar refractivity (Wildman–Crippen MR) is 196 cm³/mol. The van der Waals surface area contributed by atoms with E-state index in [1.54, 1.807) is 0 Å². The van der Waals surface area contributed by atoms with Crippen LogP contribution >= 0.6 is 11.8 Å². The molecule has 2 heterocycles. The maximum atomic E-state index is 2.41. The molecule has 0 spiro atoms. The van der Waals surface area contributed by atoms with Crippen molar-refractivity contribution in [3.05, 3.63) is 164 Å². The van der Waals surface area contributed by atoms with Gasteiger partial charge in [-0.3, -0.25) is 0 Å². The lowest BCUT2D eigenvalue weighted by molar-refractivity contribution is 1.18. The molecule has 0 saturated heterocycles. The Morgan fingerprint density at radius 2 is 1.09 bits per heavy atom. The Bertz CT molecular complexity index is 2660. The number of hydrogen-bond donors (Lipinski definition) is 0. The van der Waals surface area contributed by atoms with Gasteiger partial charge < -0.3 is 4.57 Å². The molecule has 46 heavy (non-hydrogen) atoms. The molecule has 0 N–H and O–H groups in total. The SMILES string of the molecule is c1cc(-c2ccc(-n3c4ccccc4c4cc5ccccc5cc43)cc2)cc(-c2ccc3c4c(cccc24)-c2ccccc2S3)c1. The third-order valence-corrected chi connectivity index (χ3v) is 10.7. The molecular weight excluding hydrogens is 575 g/mol. The molecule has 1 aromatic heterocycles. The van der Waals surface area contributed by atoms with Crippen LogP contribution in [0.3, 0.4) is 0 Å². The Labute approximate surface area is 271 Å². The van der Waals surface area contributed by atoms with Gasteiger partial charge in [-0.25, -0.2) is 0 Å². The number of para-hydroxylation sites is 1. The molecule has 1 aliphatic rings. The third kappa shape index (κ3) is 3.84. The lowest BCUT2D eigenvalue weighted by atomic mass is 9.91. The molecule has 10 rings (SSSR count). The van der Waals surface area contributed by atoms with Crippen molar-refractivity contribution in [1.82, 2.24) is 4.57 Å². The van der Waals surface area contributed by atoms with Gasteiger partial charge in [0.15, 0.2) is 0 Å². The molecule has 0 fully saturated rings. The number of nitrogens with zero attached hydrogens (tertiary/aromatic N) is 1. The minimum Gasteiger partial charge on any atom is -0.309 e. The highest BCUT2D eigenvalue weighted by atomic mass is 32.2. The lowest BCUT2D eigenvalue weighted by Gasteiger charge is -2.21. The molecule has 0 amide bonds. The van der Waals surface area contributed by atoms with E-state index in [-0.39, 0.29) is 0 Å². The van der Waals surface area contributed by atoms with E-state index in [1.165, 1.54) is 92.2 Å². The zero-order valence-electron chi connectivity index (χ0n) is 24.9. The summed E-state index contributed by atoms with van der Waals surface area (Å²) in [7, 11) is 0. The molecule has 2 heteroatoms. The average Bonchev–Trinajstić information content (AvgIpc) is 3.44. The quantitative estimate of drug-likeness (QED) is 0.195. The first-order chi connectivity index (χ1) is 22.8. The highest BCUT2D eigenvalue weighted by molar-refractivity contribution is 7.99. The Morgan fingerprint density at radius 1 is 0.370 bits per heavy atom. The van der Waals surface area contributed by atoms with Crippen molar-refractivity contribution in [3.8, 4) is 39.1 Å². The molecule has 1 aliphatic heterocycles. The molecule has 0 bridgehead atoms. The van der Waals surface area contributed by atoms with Crippen molar-refractivity contribution in [3.63, 3.8) is 0 Å². The highest BCUT2D eigenvalue weighted by Gasteiger charge is 2.20. The standard InChI is InChI=1S/C44H27NS/c1-2-10-31-27-41-39(26-30(31)9-1)35-13-3-5-17-40(35)45(41)33-21-19-28(20-22-33)29-11-7-12-32(25-29)34-23-24-43-44-37(34)15-8-16-38(44)36-14-4-6-18-42(36)46-43/h1-27H. The van der Waals surface area contributed by atoms with Crippen LogP contribution in [0.5, 0.6) is 0 Å². The summed E-state index contributed by atoms with van der Waals surface area (Å²) in [5.74, 6) is 0.